The maximum atomic E-state index is 10.2. The third kappa shape index (κ3) is 8.95. The molecule has 10 nitrogen and oxygen atoms in total. The minimum absolute atomic E-state index is 0.0954. The molecule has 0 spiro atoms. The number of ether oxygens (including phenoxy) is 4. The molecule has 0 unspecified atom stereocenters. The van der Waals surface area contributed by atoms with Crippen molar-refractivity contribution < 1.29 is 49.6 Å². The van der Waals surface area contributed by atoms with Crippen LogP contribution in [-0.2, 0) is 18.9 Å². The van der Waals surface area contributed by atoms with Gasteiger partial charge in [0.25, 0.3) is 0 Å². The van der Waals surface area contributed by atoms with Gasteiger partial charge in [0.15, 0.2) is 6.29 Å². The summed E-state index contributed by atoms with van der Waals surface area (Å²) in [6.45, 7) is 0.718. The van der Waals surface area contributed by atoms with Crippen LogP contribution in [0, 0.1) is 0 Å². The Kier molecular flexibility index (Phi) is 12.6. The molecule has 0 aromatic rings. The molecule has 0 bridgehead atoms. The van der Waals surface area contributed by atoms with Gasteiger partial charge in [-0.25, -0.2) is 0 Å². The van der Waals surface area contributed by atoms with Gasteiger partial charge >= 0.3 is 0 Å². The summed E-state index contributed by atoms with van der Waals surface area (Å²) in [5.74, 6) is 0. The van der Waals surface area contributed by atoms with E-state index in [1.54, 1.807) is 0 Å². The van der Waals surface area contributed by atoms with E-state index in [0.717, 1.165) is 6.42 Å². The van der Waals surface area contributed by atoms with Gasteiger partial charge in [0.05, 0.1) is 30.5 Å². The first-order chi connectivity index (χ1) is 13.3. The summed E-state index contributed by atoms with van der Waals surface area (Å²) >= 11 is 0. The van der Waals surface area contributed by atoms with E-state index < -0.39 is 49.0 Å². The van der Waals surface area contributed by atoms with Crippen molar-refractivity contribution in [3.8, 4) is 0 Å². The second kappa shape index (κ2) is 13.8. The Bertz CT molecular complexity index is 399. The smallest absolute Gasteiger partial charge is 0.160 e. The van der Waals surface area contributed by atoms with Crippen molar-refractivity contribution in [1.82, 2.24) is 0 Å². The normalized spacial score (nSPS) is 30.0. The highest BCUT2D eigenvalue weighted by molar-refractivity contribution is 4.87. The summed E-state index contributed by atoms with van der Waals surface area (Å²) in [7, 11) is 2.93. The second-order valence-electron chi connectivity index (χ2n) is 7.19. The molecule has 0 aromatic heterocycles. The predicted octanol–water partition coefficient (Wildman–Crippen LogP) is -1.52. The fourth-order valence-electron chi connectivity index (χ4n) is 3.16. The molecule has 6 N–H and O–H groups in total. The Morgan fingerprint density at radius 3 is 2.39 bits per heavy atom. The monoisotopic (exact) mass is 412 g/mol. The SMILES string of the molecule is COCOCCCC[C@H](O)C[C@@H](O)[C@H](O)[C@@H](O)C[C@H]1O[C@H](OC)C[C@@H](O)[C@@H]1O. The van der Waals surface area contributed by atoms with Crippen molar-refractivity contribution in [2.75, 3.05) is 27.6 Å². The van der Waals surface area contributed by atoms with E-state index in [1.807, 2.05) is 0 Å². The van der Waals surface area contributed by atoms with Crippen LogP contribution in [-0.4, -0.2) is 107 Å². The summed E-state index contributed by atoms with van der Waals surface area (Å²) < 4.78 is 20.3. The number of hydrogen-bond donors (Lipinski definition) is 6. The Morgan fingerprint density at radius 2 is 1.75 bits per heavy atom. The van der Waals surface area contributed by atoms with Crippen LogP contribution in [0.2, 0.25) is 0 Å². The zero-order chi connectivity index (χ0) is 21.1. The van der Waals surface area contributed by atoms with Crippen LogP contribution < -0.4 is 0 Å². The molecule has 8 atom stereocenters. The summed E-state index contributed by atoms with van der Waals surface area (Å²) in [4.78, 5) is 0. The highest BCUT2D eigenvalue weighted by Crippen LogP contribution is 2.25. The van der Waals surface area contributed by atoms with E-state index in [-0.39, 0.29) is 26.1 Å². The fraction of sp³-hybridized carbons (Fsp3) is 1.00. The number of aliphatic hydroxyl groups excluding tert-OH is 6. The van der Waals surface area contributed by atoms with Gasteiger partial charge in [0.2, 0.25) is 0 Å². The van der Waals surface area contributed by atoms with Crippen LogP contribution >= 0.6 is 0 Å². The molecule has 0 aromatic carbocycles. The van der Waals surface area contributed by atoms with Gasteiger partial charge in [0.1, 0.15) is 19.0 Å². The largest absolute Gasteiger partial charge is 0.393 e. The molecule has 1 heterocycles. The number of aliphatic hydroxyl groups is 6. The fourth-order valence-corrected chi connectivity index (χ4v) is 3.16. The Labute approximate surface area is 165 Å². The minimum Gasteiger partial charge on any atom is -0.393 e. The molecule has 168 valence electrons. The molecule has 0 radical (unpaired) electrons. The van der Waals surface area contributed by atoms with Crippen molar-refractivity contribution in [3.05, 3.63) is 0 Å². The van der Waals surface area contributed by atoms with Gasteiger partial charge in [-0.1, -0.05) is 0 Å². The van der Waals surface area contributed by atoms with Crippen LogP contribution in [0.4, 0.5) is 0 Å². The van der Waals surface area contributed by atoms with Gasteiger partial charge in [-0.15, -0.1) is 0 Å². The van der Waals surface area contributed by atoms with Gasteiger partial charge < -0.3 is 49.6 Å². The molecule has 0 amide bonds. The molecule has 0 saturated carbocycles. The lowest BCUT2D eigenvalue weighted by atomic mass is 9.92. The lowest BCUT2D eigenvalue weighted by Crippen LogP contribution is -2.51. The molecule has 0 aliphatic carbocycles. The standard InChI is InChI=1S/C18H36O10/c1-25-10-27-6-4-3-5-11(19)7-12(20)17(23)13(21)8-15-18(24)14(22)9-16(26-2)28-15/h11-24H,3-10H2,1-2H3/t11-,12+,13-,14+,15+,16-,17-,18-/m0/s1. The first kappa shape index (κ1) is 25.6. The van der Waals surface area contributed by atoms with Crippen LogP contribution in [0.25, 0.3) is 0 Å². The van der Waals surface area contributed by atoms with Crippen LogP contribution in [0.3, 0.4) is 0 Å². The number of rotatable bonds is 14. The van der Waals surface area contributed by atoms with Gasteiger partial charge in [-0.05, 0) is 19.3 Å². The Balaban J connectivity index is 2.35. The van der Waals surface area contributed by atoms with E-state index >= 15 is 0 Å². The molecule has 1 aliphatic rings. The van der Waals surface area contributed by atoms with Gasteiger partial charge in [-0.3, -0.25) is 0 Å². The highest BCUT2D eigenvalue weighted by Gasteiger charge is 2.39. The predicted molar refractivity (Wildman–Crippen MR) is 97.2 cm³/mol. The van der Waals surface area contributed by atoms with Crippen molar-refractivity contribution >= 4 is 0 Å². The molecule has 10 heteroatoms. The number of hydrogen-bond acceptors (Lipinski definition) is 10. The first-order valence-electron chi connectivity index (χ1n) is 9.63. The lowest BCUT2D eigenvalue weighted by molar-refractivity contribution is -0.250. The summed E-state index contributed by atoms with van der Waals surface area (Å²) in [6.07, 6.45) is -7.52. The second-order valence-corrected chi connectivity index (χ2v) is 7.19. The van der Waals surface area contributed by atoms with E-state index in [0.29, 0.717) is 19.4 Å². The van der Waals surface area contributed by atoms with Gasteiger partial charge in [-0.2, -0.15) is 0 Å². The number of methoxy groups -OCH3 is 2. The topological polar surface area (TPSA) is 158 Å². The van der Waals surface area contributed by atoms with E-state index in [4.69, 9.17) is 18.9 Å². The van der Waals surface area contributed by atoms with E-state index in [9.17, 15) is 30.6 Å². The average Bonchev–Trinajstić information content (AvgIpc) is 2.67. The maximum absolute atomic E-state index is 10.2. The lowest BCUT2D eigenvalue weighted by Gasteiger charge is -2.38. The van der Waals surface area contributed by atoms with Gasteiger partial charge in [0, 0.05) is 40.1 Å². The van der Waals surface area contributed by atoms with E-state index in [2.05, 4.69) is 0 Å². The summed E-state index contributed by atoms with van der Waals surface area (Å²) in [5, 5.41) is 60.2. The Morgan fingerprint density at radius 1 is 1.04 bits per heavy atom. The quantitative estimate of drug-likeness (QED) is 0.146. The van der Waals surface area contributed by atoms with Crippen LogP contribution in [0.1, 0.15) is 38.5 Å². The van der Waals surface area contributed by atoms with Crippen LogP contribution in [0.5, 0.6) is 0 Å². The molecule has 1 rings (SSSR count). The van der Waals surface area contributed by atoms with Crippen molar-refractivity contribution in [1.29, 1.82) is 0 Å². The highest BCUT2D eigenvalue weighted by atomic mass is 16.7. The Hall–Kier alpha value is -0.400. The summed E-state index contributed by atoms with van der Waals surface area (Å²) in [6, 6.07) is 0. The summed E-state index contributed by atoms with van der Waals surface area (Å²) in [5.41, 5.74) is 0. The third-order valence-corrected chi connectivity index (χ3v) is 4.85. The molecule has 28 heavy (non-hydrogen) atoms. The average molecular weight is 412 g/mol. The minimum atomic E-state index is -1.53. The van der Waals surface area contributed by atoms with Crippen molar-refractivity contribution in [2.24, 2.45) is 0 Å². The van der Waals surface area contributed by atoms with Crippen LogP contribution in [0.15, 0.2) is 0 Å². The molecule has 1 saturated heterocycles. The zero-order valence-electron chi connectivity index (χ0n) is 16.6. The third-order valence-electron chi connectivity index (χ3n) is 4.85. The molecular formula is C18H36O10. The number of unbranched alkanes of at least 4 members (excludes halogenated alkanes) is 1. The molecule has 1 fully saturated rings. The molecule has 1 aliphatic heterocycles. The molecular weight excluding hydrogens is 376 g/mol. The van der Waals surface area contributed by atoms with E-state index in [1.165, 1.54) is 14.2 Å². The van der Waals surface area contributed by atoms with Crippen molar-refractivity contribution in [3.63, 3.8) is 0 Å². The first-order valence-corrected chi connectivity index (χ1v) is 9.63. The zero-order valence-corrected chi connectivity index (χ0v) is 16.6. The maximum Gasteiger partial charge on any atom is 0.160 e. The van der Waals surface area contributed by atoms with Crippen molar-refractivity contribution in [2.45, 2.75) is 87.5 Å².